The Balaban J connectivity index is 1.75. The van der Waals surface area contributed by atoms with Gasteiger partial charge in [-0.15, -0.1) is 0 Å². The smallest absolute Gasteiger partial charge is 0.336 e. The average molecular weight is 401 g/mol. The Morgan fingerprint density at radius 1 is 1.34 bits per heavy atom. The van der Waals surface area contributed by atoms with Crippen LogP contribution < -0.4 is 15.7 Å². The highest BCUT2D eigenvalue weighted by atomic mass is 16.5. The van der Waals surface area contributed by atoms with Crippen LogP contribution in [0.5, 0.6) is 5.75 Å². The number of piperidine rings is 1. The third-order valence-electron chi connectivity index (χ3n) is 5.73. The molecule has 1 aliphatic heterocycles. The van der Waals surface area contributed by atoms with E-state index in [4.69, 9.17) is 9.15 Å². The van der Waals surface area contributed by atoms with Crippen molar-refractivity contribution in [2.45, 2.75) is 52.6 Å². The van der Waals surface area contributed by atoms with Crippen LogP contribution in [0.15, 0.2) is 27.4 Å². The predicted molar refractivity (Wildman–Crippen MR) is 115 cm³/mol. The minimum absolute atomic E-state index is 0.0378. The van der Waals surface area contributed by atoms with Gasteiger partial charge in [0.05, 0.1) is 0 Å². The third kappa shape index (κ3) is 4.99. The first-order chi connectivity index (χ1) is 13.9. The van der Waals surface area contributed by atoms with Gasteiger partial charge in [0.2, 0.25) is 0 Å². The van der Waals surface area contributed by atoms with Gasteiger partial charge in [0.15, 0.2) is 6.10 Å². The van der Waals surface area contributed by atoms with Crippen LogP contribution >= 0.6 is 0 Å². The number of ether oxygens (including phenoxy) is 1. The van der Waals surface area contributed by atoms with E-state index in [0.717, 1.165) is 61.8 Å². The Labute approximate surface area is 172 Å². The second kappa shape index (κ2) is 9.44. The molecule has 1 fully saturated rings. The predicted octanol–water partition coefficient (Wildman–Crippen LogP) is 3.28. The molecule has 0 saturated carbocycles. The van der Waals surface area contributed by atoms with Crippen molar-refractivity contribution in [1.29, 1.82) is 0 Å². The van der Waals surface area contributed by atoms with E-state index < -0.39 is 6.10 Å². The molecule has 29 heavy (non-hydrogen) atoms. The monoisotopic (exact) mass is 400 g/mol. The molecule has 0 radical (unpaired) electrons. The summed E-state index contributed by atoms with van der Waals surface area (Å²) in [6, 6.07) is 5.35. The first-order valence-electron chi connectivity index (χ1n) is 10.6. The lowest BCUT2D eigenvalue weighted by Gasteiger charge is -2.29. The van der Waals surface area contributed by atoms with Crippen molar-refractivity contribution < 1.29 is 13.9 Å². The maximum atomic E-state index is 12.8. The molecule has 0 spiro atoms. The van der Waals surface area contributed by atoms with Crippen molar-refractivity contribution in [2.75, 3.05) is 26.7 Å². The van der Waals surface area contributed by atoms with Crippen molar-refractivity contribution >= 4 is 16.9 Å². The largest absolute Gasteiger partial charge is 0.480 e. The van der Waals surface area contributed by atoms with E-state index in [1.807, 2.05) is 26.1 Å². The minimum atomic E-state index is -0.608. The summed E-state index contributed by atoms with van der Waals surface area (Å²) in [7, 11) is 1.84. The molecular formula is C23H32N2O4. The number of aryl methyl sites for hydroxylation is 2. The lowest BCUT2D eigenvalue weighted by Crippen LogP contribution is -2.42. The van der Waals surface area contributed by atoms with Gasteiger partial charge >= 0.3 is 5.63 Å². The average Bonchev–Trinajstić information content (AvgIpc) is 2.70. The number of carbonyl (C=O) groups is 1. The van der Waals surface area contributed by atoms with E-state index in [-0.39, 0.29) is 11.5 Å². The molecular weight excluding hydrogens is 368 g/mol. The molecule has 6 heteroatoms. The van der Waals surface area contributed by atoms with Crippen LogP contribution in [-0.4, -0.2) is 43.6 Å². The summed E-state index contributed by atoms with van der Waals surface area (Å²) in [6.45, 7) is 8.50. The molecule has 1 aliphatic rings. The number of fused-ring (bicyclic) bond motifs is 1. The lowest BCUT2D eigenvalue weighted by molar-refractivity contribution is -0.137. The minimum Gasteiger partial charge on any atom is -0.480 e. The molecule has 1 saturated heterocycles. The van der Waals surface area contributed by atoms with Crippen LogP contribution in [0.3, 0.4) is 0 Å². The molecule has 6 nitrogen and oxygen atoms in total. The summed E-state index contributed by atoms with van der Waals surface area (Å²) in [5, 5.41) is 4.28. The molecule has 2 heterocycles. The number of benzene rings is 1. The van der Waals surface area contributed by atoms with E-state index in [1.54, 1.807) is 17.9 Å². The van der Waals surface area contributed by atoms with Gasteiger partial charge in [0.25, 0.3) is 5.91 Å². The molecule has 1 atom stereocenters. The Morgan fingerprint density at radius 2 is 2.07 bits per heavy atom. The summed E-state index contributed by atoms with van der Waals surface area (Å²) in [4.78, 5) is 26.6. The number of hydrogen-bond donors (Lipinski definition) is 1. The zero-order chi connectivity index (χ0) is 21.0. The number of amides is 1. The number of nitrogens with one attached hydrogen (secondary N) is 1. The molecule has 2 aromatic rings. The van der Waals surface area contributed by atoms with Crippen molar-refractivity contribution in [3.05, 3.63) is 39.7 Å². The van der Waals surface area contributed by atoms with Crippen molar-refractivity contribution in [2.24, 2.45) is 5.92 Å². The summed E-state index contributed by atoms with van der Waals surface area (Å²) in [6.07, 6.45) is 3.34. The normalized spacial score (nSPS) is 16.0. The highest BCUT2D eigenvalue weighted by molar-refractivity contribution is 5.85. The van der Waals surface area contributed by atoms with E-state index in [0.29, 0.717) is 17.3 Å². The molecule has 1 N–H and O–H groups in total. The van der Waals surface area contributed by atoms with Gasteiger partial charge < -0.3 is 19.4 Å². The van der Waals surface area contributed by atoms with Crippen LogP contribution in [0.4, 0.5) is 0 Å². The number of hydrogen-bond acceptors (Lipinski definition) is 5. The van der Waals surface area contributed by atoms with Gasteiger partial charge in [0.1, 0.15) is 11.3 Å². The molecule has 3 rings (SSSR count). The fraction of sp³-hybridized carbons (Fsp3) is 0.565. The SMILES string of the molecule is CCCc1cc(=O)oc2c(C)c(OC(C)C(=O)N(C)CC3CCNCC3)ccc12. The Bertz CT molecular complexity index is 915. The zero-order valence-corrected chi connectivity index (χ0v) is 17.9. The van der Waals surface area contributed by atoms with Crippen LogP contribution in [0.1, 0.15) is 44.2 Å². The number of nitrogens with zero attached hydrogens (tertiary/aromatic N) is 1. The molecule has 1 aromatic heterocycles. The molecule has 0 aliphatic carbocycles. The van der Waals surface area contributed by atoms with Crippen molar-refractivity contribution in [3.8, 4) is 5.75 Å². The van der Waals surface area contributed by atoms with Gasteiger partial charge in [-0.3, -0.25) is 4.79 Å². The van der Waals surface area contributed by atoms with Crippen molar-refractivity contribution in [3.63, 3.8) is 0 Å². The zero-order valence-electron chi connectivity index (χ0n) is 17.9. The first kappa shape index (κ1) is 21.4. The highest BCUT2D eigenvalue weighted by Gasteiger charge is 2.24. The van der Waals surface area contributed by atoms with Crippen LogP contribution in [0.25, 0.3) is 11.0 Å². The topological polar surface area (TPSA) is 71.8 Å². The van der Waals surface area contributed by atoms with E-state index in [1.165, 1.54) is 0 Å². The number of likely N-dealkylation sites (N-methyl/N-ethyl adjacent to an activating group) is 1. The van der Waals surface area contributed by atoms with Crippen LogP contribution in [-0.2, 0) is 11.2 Å². The Morgan fingerprint density at radius 3 is 2.76 bits per heavy atom. The third-order valence-corrected chi connectivity index (χ3v) is 5.73. The fourth-order valence-corrected chi connectivity index (χ4v) is 4.10. The van der Waals surface area contributed by atoms with Crippen molar-refractivity contribution in [1.82, 2.24) is 10.2 Å². The molecule has 1 aromatic carbocycles. The summed E-state index contributed by atoms with van der Waals surface area (Å²) < 4.78 is 11.5. The Kier molecular flexibility index (Phi) is 6.96. The summed E-state index contributed by atoms with van der Waals surface area (Å²) in [5.41, 5.74) is 1.92. The fourth-order valence-electron chi connectivity index (χ4n) is 4.10. The van der Waals surface area contributed by atoms with Gasteiger partial charge in [-0.1, -0.05) is 13.3 Å². The molecule has 1 unspecified atom stereocenters. The van der Waals surface area contributed by atoms with Gasteiger partial charge in [-0.2, -0.15) is 0 Å². The second-order valence-electron chi connectivity index (χ2n) is 8.08. The molecule has 158 valence electrons. The van der Waals surface area contributed by atoms with Gasteiger partial charge in [-0.25, -0.2) is 4.79 Å². The van der Waals surface area contributed by atoms with Gasteiger partial charge in [0, 0.05) is 30.6 Å². The quantitative estimate of drug-likeness (QED) is 0.722. The van der Waals surface area contributed by atoms with E-state index in [9.17, 15) is 9.59 Å². The van der Waals surface area contributed by atoms with Crippen LogP contribution in [0.2, 0.25) is 0 Å². The summed E-state index contributed by atoms with van der Waals surface area (Å²) in [5.74, 6) is 1.07. The molecule has 0 bridgehead atoms. The number of carbonyl (C=O) groups excluding carboxylic acids is 1. The second-order valence-corrected chi connectivity index (χ2v) is 8.08. The highest BCUT2D eigenvalue weighted by Crippen LogP contribution is 2.29. The van der Waals surface area contributed by atoms with E-state index in [2.05, 4.69) is 12.2 Å². The number of rotatable bonds is 7. The maximum Gasteiger partial charge on any atom is 0.336 e. The molecule has 1 amide bonds. The Hall–Kier alpha value is -2.34. The van der Waals surface area contributed by atoms with Crippen LogP contribution in [0, 0.1) is 12.8 Å². The van der Waals surface area contributed by atoms with E-state index >= 15 is 0 Å². The maximum absolute atomic E-state index is 12.8. The van der Waals surface area contributed by atoms with Gasteiger partial charge in [-0.05, 0) is 69.8 Å². The first-order valence-corrected chi connectivity index (χ1v) is 10.6. The summed E-state index contributed by atoms with van der Waals surface area (Å²) >= 11 is 0. The standard InChI is InChI=1S/C23H32N2O4/c1-5-6-18-13-21(26)29-22-15(2)20(8-7-19(18)22)28-16(3)23(27)25(4)14-17-9-11-24-12-10-17/h7-8,13,16-17,24H,5-6,9-12,14H2,1-4H3. The lowest BCUT2D eigenvalue weighted by atomic mass is 9.97.